The maximum absolute atomic E-state index is 4.37. The van der Waals surface area contributed by atoms with Crippen molar-refractivity contribution in [2.24, 2.45) is 5.92 Å². The Balaban J connectivity index is 2.04. The summed E-state index contributed by atoms with van der Waals surface area (Å²) in [7, 11) is 0. The predicted octanol–water partition coefficient (Wildman–Crippen LogP) is 3.63. The summed E-state index contributed by atoms with van der Waals surface area (Å²) in [6.07, 6.45) is 6.02. The zero-order chi connectivity index (χ0) is 12.8. The topological polar surface area (TPSA) is 29.9 Å². The summed E-state index contributed by atoms with van der Waals surface area (Å²) in [6, 6.07) is 10.1. The lowest BCUT2D eigenvalue weighted by atomic mass is 10.2. The van der Waals surface area contributed by atoms with Crippen LogP contribution in [0.25, 0.3) is 0 Å². The van der Waals surface area contributed by atoms with Gasteiger partial charge in [-0.3, -0.25) is 0 Å². The molecule has 0 saturated heterocycles. The molecule has 18 heavy (non-hydrogen) atoms. The van der Waals surface area contributed by atoms with Crippen LogP contribution >= 0.6 is 11.8 Å². The highest BCUT2D eigenvalue weighted by atomic mass is 32.2. The van der Waals surface area contributed by atoms with Gasteiger partial charge in [-0.05, 0) is 30.1 Å². The minimum absolute atomic E-state index is 0.644. The molecule has 2 rings (SSSR count). The van der Waals surface area contributed by atoms with Crippen LogP contribution < -0.4 is 5.32 Å². The summed E-state index contributed by atoms with van der Waals surface area (Å²) in [6.45, 7) is 3.26. The van der Waals surface area contributed by atoms with E-state index in [9.17, 15) is 0 Å². The zero-order valence-corrected chi connectivity index (χ0v) is 11.7. The number of imidazole rings is 1. The van der Waals surface area contributed by atoms with Crippen molar-refractivity contribution >= 4 is 23.4 Å². The second-order valence-corrected chi connectivity index (χ2v) is 5.37. The number of nitrogens with zero attached hydrogens (tertiary/aromatic N) is 2. The molecule has 0 aliphatic rings. The number of para-hydroxylation sites is 1. The third-order valence-corrected chi connectivity index (χ3v) is 3.61. The fraction of sp³-hybridized carbons (Fsp3) is 0.357. The Labute approximate surface area is 113 Å². The van der Waals surface area contributed by atoms with Crippen molar-refractivity contribution in [3.63, 3.8) is 0 Å². The van der Waals surface area contributed by atoms with Crippen LogP contribution in [0.15, 0.2) is 42.7 Å². The number of anilines is 2. The van der Waals surface area contributed by atoms with Gasteiger partial charge in [0.1, 0.15) is 0 Å². The first-order chi connectivity index (χ1) is 8.79. The molecule has 96 valence electrons. The van der Waals surface area contributed by atoms with Gasteiger partial charge in [0.15, 0.2) is 0 Å². The second kappa shape index (κ2) is 6.50. The minimum atomic E-state index is 0.644. The van der Waals surface area contributed by atoms with Gasteiger partial charge in [-0.25, -0.2) is 4.98 Å². The van der Waals surface area contributed by atoms with Crippen molar-refractivity contribution in [2.75, 3.05) is 17.3 Å². The van der Waals surface area contributed by atoms with Crippen LogP contribution in [0.1, 0.15) is 6.92 Å². The maximum Gasteiger partial charge on any atom is 0.207 e. The number of hydrogen-bond acceptors (Lipinski definition) is 3. The van der Waals surface area contributed by atoms with Crippen LogP contribution in [0.3, 0.4) is 0 Å². The van der Waals surface area contributed by atoms with E-state index in [4.69, 9.17) is 0 Å². The molecule has 1 N–H and O–H groups in total. The lowest BCUT2D eigenvalue weighted by molar-refractivity contribution is 0.535. The van der Waals surface area contributed by atoms with Crippen molar-refractivity contribution < 1.29 is 0 Å². The van der Waals surface area contributed by atoms with Crippen LogP contribution in [-0.2, 0) is 6.54 Å². The van der Waals surface area contributed by atoms with E-state index in [1.807, 2.05) is 54.5 Å². The van der Waals surface area contributed by atoms with Crippen LogP contribution in [0.4, 0.5) is 11.6 Å². The highest BCUT2D eigenvalue weighted by Gasteiger charge is 2.07. The Morgan fingerprint density at radius 3 is 2.83 bits per heavy atom. The number of hydrogen-bond donors (Lipinski definition) is 1. The Morgan fingerprint density at radius 2 is 2.11 bits per heavy atom. The van der Waals surface area contributed by atoms with Crippen LogP contribution in [-0.4, -0.2) is 21.6 Å². The van der Waals surface area contributed by atoms with E-state index >= 15 is 0 Å². The molecule has 1 unspecified atom stereocenters. The minimum Gasteiger partial charge on any atom is -0.326 e. The summed E-state index contributed by atoms with van der Waals surface area (Å²) in [4.78, 5) is 4.37. The smallest absolute Gasteiger partial charge is 0.207 e. The van der Waals surface area contributed by atoms with Gasteiger partial charge in [-0.2, -0.15) is 11.8 Å². The van der Waals surface area contributed by atoms with Gasteiger partial charge >= 0.3 is 0 Å². The molecule has 0 aliphatic carbocycles. The van der Waals surface area contributed by atoms with E-state index in [-0.39, 0.29) is 0 Å². The molecular formula is C14H19N3S. The van der Waals surface area contributed by atoms with Gasteiger partial charge in [0.2, 0.25) is 5.95 Å². The summed E-state index contributed by atoms with van der Waals surface area (Å²) in [5.41, 5.74) is 1.07. The number of rotatable bonds is 6. The molecule has 1 aromatic carbocycles. The highest BCUT2D eigenvalue weighted by molar-refractivity contribution is 7.98. The Hall–Kier alpha value is -1.42. The number of aromatic nitrogens is 2. The molecule has 1 aromatic heterocycles. The molecule has 0 fully saturated rings. The van der Waals surface area contributed by atoms with Gasteiger partial charge in [0, 0.05) is 24.6 Å². The molecule has 1 atom stereocenters. The van der Waals surface area contributed by atoms with E-state index < -0.39 is 0 Å². The molecule has 3 nitrogen and oxygen atoms in total. The van der Waals surface area contributed by atoms with Crippen molar-refractivity contribution in [3.8, 4) is 0 Å². The molecule has 0 saturated carbocycles. The summed E-state index contributed by atoms with van der Waals surface area (Å²) < 4.78 is 2.17. The zero-order valence-electron chi connectivity index (χ0n) is 10.8. The molecule has 0 radical (unpaired) electrons. The van der Waals surface area contributed by atoms with Gasteiger partial charge in [0.25, 0.3) is 0 Å². The van der Waals surface area contributed by atoms with Crippen molar-refractivity contribution in [2.45, 2.75) is 13.5 Å². The van der Waals surface area contributed by atoms with E-state index in [2.05, 4.69) is 28.0 Å². The highest BCUT2D eigenvalue weighted by Crippen LogP contribution is 2.16. The lowest BCUT2D eigenvalue weighted by Gasteiger charge is -2.14. The van der Waals surface area contributed by atoms with Gasteiger partial charge in [0.05, 0.1) is 0 Å². The molecule has 1 heterocycles. The summed E-state index contributed by atoms with van der Waals surface area (Å²) in [5, 5.41) is 3.35. The molecule has 0 bridgehead atoms. The number of thioether (sulfide) groups is 1. The van der Waals surface area contributed by atoms with E-state index in [0.29, 0.717) is 5.92 Å². The Morgan fingerprint density at radius 1 is 1.33 bits per heavy atom. The summed E-state index contributed by atoms with van der Waals surface area (Å²) in [5.74, 6) is 2.72. The molecule has 2 aromatic rings. The van der Waals surface area contributed by atoms with Crippen molar-refractivity contribution in [3.05, 3.63) is 42.7 Å². The third-order valence-electron chi connectivity index (χ3n) is 2.70. The Bertz CT molecular complexity index is 467. The van der Waals surface area contributed by atoms with E-state index in [0.717, 1.165) is 18.2 Å². The van der Waals surface area contributed by atoms with Gasteiger partial charge < -0.3 is 9.88 Å². The van der Waals surface area contributed by atoms with Crippen LogP contribution in [0.5, 0.6) is 0 Å². The fourth-order valence-electron chi connectivity index (χ4n) is 1.90. The number of benzene rings is 1. The van der Waals surface area contributed by atoms with Gasteiger partial charge in [-0.1, -0.05) is 25.1 Å². The average Bonchev–Trinajstić information content (AvgIpc) is 2.78. The third kappa shape index (κ3) is 3.53. The standard InChI is InChI=1S/C14H19N3S/c1-12(11-18-2)10-17-9-8-15-14(17)16-13-6-4-3-5-7-13/h3-9,12H,10-11H2,1-2H3,(H,15,16). The quantitative estimate of drug-likeness (QED) is 0.861. The second-order valence-electron chi connectivity index (χ2n) is 4.45. The largest absolute Gasteiger partial charge is 0.326 e. The predicted molar refractivity (Wildman–Crippen MR) is 79.5 cm³/mol. The molecule has 4 heteroatoms. The average molecular weight is 261 g/mol. The first-order valence-corrected chi connectivity index (χ1v) is 7.51. The molecular weight excluding hydrogens is 242 g/mol. The summed E-state index contributed by atoms with van der Waals surface area (Å²) >= 11 is 1.89. The first-order valence-electron chi connectivity index (χ1n) is 6.11. The van der Waals surface area contributed by atoms with Crippen LogP contribution in [0.2, 0.25) is 0 Å². The SMILES string of the molecule is CSCC(C)Cn1ccnc1Nc1ccccc1. The number of nitrogens with one attached hydrogen (secondary N) is 1. The monoisotopic (exact) mass is 261 g/mol. The van der Waals surface area contributed by atoms with Gasteiger partial charge in [-0.15, -0.1) is 0 Å². The lowest BCUT2D eigenvalue weighted by Crippen LogP contribution is -2.11. The molecule has 0 amide bonds. The maximum atomic E-state index is 4.37. The van der Waals surface area contributed by atoms with Crippen LogP contribution in [0, 0.1) is 5.92 Å². The Kier molecular flexibility index (Phi) is 4.70. The molecule has 0 spiro atoms. The first kappa shape index (κ1) is 13.0. The normalized spacial score (nSPS) is 12.3. The van der Waals surface area contributed by atoms with E-state index in [1.165, 1.54) is 5.75 Å². The van der Waals surface area contributed by atoms with Crippen molar-refractivity contribution in [1.82, 2.24) is 9.55 Å². The fourth-order valence-corrected chi connectivity index (χ4v) is 2.58. The molecule has 0 aliphatic heterocycles. The van der Waals surface area contributed by atoms with E-state index in [1.54, 1.807) is 0 Å². The van der Waals surface area contributed by atoms with Crippen molar-refractivity contribution in [1.29, 1.82) is 0 Å².